The summed E-state index contributed by atoms with van der Waals surface area (Å²) >= 11 is 0. The average Bonchev–Trinajstić information content (AvgIpc) is 3.05. The largest absolute Gasteiger partial charge is 0.497 e. The summed E-state index contributed by atoms with van der Waals surface area (Å²) in [6.45, 7) is 4.57. The zero-order chi connectivity index (χ0) is 23.0. The highest BCUT2D eigenvalue weighted by Gasteiger charge is 2.26. The third-order valence-corrected chi connectivity index (χ3v) is 6.92. The predicted octanol–water partition coefficient (Wildman–Crippen LogP) is 5.16. The van der Waals surface area contributed by atoms with E-state index in [2.05, 4.69) is 57.9 Å². The number of rotatable bonds is 9. The summed E-state index contributed by atoms with van der Waals surface area (Å²) in [6, 6.07) is 18.7. The van der Waals surface area contributed by atoms with E-state index in [1.165, 1.54) is 23.7 Å². The van der Waals surface area contributed by atoms with E-state index in [0.29, 0.717) is 5.91 Å². The fourth-order valence-corrected chi connectivity index (χ4v) is 4.87. The molecule has 176 valence electrons. The molecule has 3 aromatic rings. The molecule has 2 heterocycles. The van der Waals surface area contributed by atoms with E-state index in [4.69, 9.17) is 4.74 Å². The number of carbonyl (C=O) groups excluding carboxylic acids is 1. The quantitative estimate of drug-likeness (QED) is 0.455. The SMILES string of the molecule is COc1ccc2c(ccn2CCN(C)CCC(C(=O)N2CCCCCC2)c2ccccc2)c1. The Labute approximate surface area is 197 Å². The molecule has 0 spiro atoms. The van der Waals surface area contributed by atoms with Crippen molar-refractivity contribution < 1.29 is 9.53 Å². The smallest absolute Gasteiger partial charge is 0.230 e. The second kappa shape index (κ2) is 11.4. The van der Waals surface area contributed by atoms with Crippen molar-refractivity contribution in [3.05, 3.63) is 66.4 Å². The Bertz CT molecular complexity index is 1020. The third kappa shape index (κ3) is 5.97. The Morgan fingerprint density at radius 2 is 1.76 bits per heavy atom. The van der Waals surface area contributed by atoms with E-state index in [1.807, 2.05) is 24.3 Å². The van der Waals surface area contributed by atoms with Crippen LogP contribution < -0.4 is 4.74 Å². The van der Waals surface area contributed by atoms with E-state index in [1.54, 1.807) is 7.11 Å². The van der Waals surface area contributed by atoms with Crippen molar-refractivity contribution in [2.75, 3.05) is 40.3 Å². The highest BCUT2D eigenvalue weighted by atomic mass is 16.5. The van der Waals surface area contributed by atoms with Crippen LogP contribution in [0.1, 0.15) is 43.6 Å². The van der Waals surface area contributed by atoms with E-state index in [0.717, 1.165) is 63.3 Å². The third-order valence-electron chi connectivity index (χ3n) is 6.92. The molecule has 0 radical (unpaired) electrons. The van der Waals surface area contributed by atoms with Gasteiger partial charge in [-0.15, -0.1) is 0 Å². The lowest BCUT2D eigenvalue weighted by atomic mass is 9.93. The van der Waals surface area contributed by atoms with Crippen LogP contribution in [0.4, 0.5) is 0 Å². The highest BCUT2D eigenvalue weighted by molar-refractivity contribution is 5.84. The Morgan fingerprint density at radius 3 is 2.48 bits per heavy atom. The summed E-state index contributed by atoms with van der Waals surface area (Å²) in [6.07, 6.45) is 7.73. The van der Waals surface area contributed by atoms with Crippen LogP contribution in [0, 0.1) is 0 Å². The van der Waals surface area contributed by atoms with Gasteiger partial charge in [-0.3, -0.25) is 4.79 Å². The van der Waals surface area contributed by atoms with Gasteiger partial charge in [0.25, 0.3) is 0 Å². The maximum Gasteiger partial charge on any atom is 0.230 e. The Kier molecular flexibility index (Phi) is 8.05. The standard InChI is InChI=1S/C28H37N3O2/c1-29(20-21-30-19-14-24-22-25(33-2)12-13-27(24)30)18-15-26(23-10-6-5-7-11-23)28(32)31-16-8-3-4-9-17-31/h5-7,10-14,19,22,26H,3-4,8-9,15-18,20-21H2,1-2H3. The number of likely N-dealkylation sites (N-methyl/N-ethyl adjacent to an activating group) is 1. The van der Waals surface area contributed by atoms with Gasteiger partial charge in [-0.1, -0.05) is 43.2 Å². The summed E-state index contributed by atoms with van der Waals surface area (Å²) in [7, 11) is 3.86. The number of hydrogen-bond acceptors (Lipinski definition) is 3. The first-order valence-electron chi connectivity index (χ1n) is 12.3. The minimum atomic E-state index is -0.0633. The molecule has 1 fully saturated rings. The minimum absolute atomic E-state index is 0.0633. The van der Waals surface area contributed by atoms with E-state index in [9.17, 15) is 4.79 Å². The molecule has 0 bridgehead atoms. The molecule has 0 saturated carbocycles. The van der Waals surface area contributed by atoms with Crippen LogP contribution in [0.25, 0.3) is 10.9 Å². The van der Waals surface area contributed by atoms with Gasteiger partial charge in [0, 0.05) is 43.3 Å². The number of carbonyl (C=O) groups is 1. The molecule has 1 unspecified atom stereocenters. The second-order valence-corrected chi connectivity index (χ2v) is 9.23. The number of benzene rings is 2. The molecule has 1 aliphatic heterocycles. The number of nitrogens with zero attached hydrogens (tertiary/aromatic N) is 3. The normalized spacial score (nSPS) is 15.5. The van der Waals surface area contributed by atoms with Crippen molar-refractivity contribution in [2.24, 2.45) is 0 Å². The molecule has 5 heteroatoms. The Morgan fingerprint density at radius 1 is 1.00 bits per heavy atom. The summed E-state index contributed by atoms with van der Waals surface area (Å²) in [4.78, 5) is 18.0. The van der Waals surface area contributed by atoms with Gasteiger partial charge in [0.15, 0.2) is 0 Å². The first-order chi connectivity index (χ1) is 16.2. The van der Waals surface area contributed by atoms with Crippen molar-refractivity contribution in [3.8, 4) is 5.75 Å². The second-order valence-electron chi connectivity index (χ2n) is 9.23. The van der Waals surface area contributed by atoms with Crippen molar-refractivity contribution in [1.82, 2.24) is 14.4 Å². The summed E-state index contributed by atoms with van der Waals surface area (Å²) < 4.78 is 7.64. The van der Waals surface area contributed by atoms with E-state index < -0.39 is 0 Å². The van der Waals surface area contributed by atoms with Crippen molar-refractivity contribution in [1.29, 1.82) is 0 Å². The van der Waals surface area contributed by atoms with Crippen LogP contribution in [-0.4, -0.2) is 60.6 Å². The number of amides is 1. The monoisotopic (exact) mass is 447 g/mol. The molecule has 0 N–H and O–H groups in total. The number of aromatic nitrogens is 1. The fourth-order valence-electron chi connectivity index (χ4n) is 4.87. The summed E-state index contributed by atoms with van der Waals surface area (Å²) in [5.74, 6) is 1.13. The van der Waals surface area contributed by atoms with Gasteiger partial charge in [-0.25, -0.2) is 0 Å². The Hall–Kier alpha value is -2.79. The van der Waals surface area contributed by atoms with Crippen LogP contribution in [0.5, 0.6) is 5.75 Å². The van der Waals surface area contributed by atoms with Gasteiger partial charge in [-0.05, 0) is 62.7 Å². The molecule has 5 nitrogen and oxygen atoms in total. The van der Waals surface area contributed by atoms with Gasteiger partial charge in [0.2, 0.25) is 5.91 Å². The Balaban J connectivity index is 1.37. The lowest BCUT2D eigenvalue weighted by molar-refractivity contribution is -0.133. The number of fused-ring (bicyclic) bond motifs is 1. The molecular formula is C28H37N3O2. The molecule has 33 heavy (non-hydrogen) atoms. The highest BCUT2D eigenvalue weighted by Crippen LogP contribution is 2.25. The number of hydrogen-bond donors (Lipinski definition) is 0. The molecule has 0 aliphatic carbocycles. The number of ether oxygens (including phenoxy) is 1. The van der Waals surface area contributed by atoms with Gasteiger partial charge >= 0.3 is 0 Å². The predicted molar refractivity (Wildman–Crippen MR) is 135 cm³/mol. The number of likely N-dealkylation sites (tertiary alicyclic amines) is 1. The first kappa shape index (κ1) is 23.4. The average molecular weight is 448 g/mol. The van der Waals surface area contributed by atoms with Crippen LogP contribution >= 0.6 is 0 Å². The number of methoxy groups -OCH3 is 1. The van der Waals surface area contributed by atoms with E-state index >= 15 is 0 Å². The first-order valence-corrected chi connectivity index (χ1v) is 12.3. The van der Waals surface area contributed by atoms with Crippen LogP contribution in [0.2, 0.25) is 0 Å². The van der Waals surface area contributed by atoms with Crippen molar-refractivity contribution in [2.45, 2.75) is 44.6 Å². The van der Waals surface area contributed by atoms with Crippen LogP contribution in [-0.2, 0) is 11.3 Å². The van der Waals surface area contributed by atoms with Gasteiger partial charge < -0.3 is 19.1 Å². The van der Waals surface area contributed by atoms with Crippen molar-refractivity contribution >= 4 is 16.8 Å². The fraction of sp³-hybridized carbons (Fsp3) is 0.464. The molecule has 4 rings (SSSR count). The van der Waals surface area contributed by atoms with Gasteiger partial charge in [0.05, 0.1) is 13.0 Å². The zero-order valence-corrected chi connectivity index (χ0v) is 20.1. The van der Waals surface area contributed by atoms with Crippen LogP contribution in [0.3, 0.4) is 0 Å². The lowest BCUT2D eigenvalue weighted by Crippen LogP contribution is -2.37. The summed E-state index contributed by atoms with van der Waals surface area (Å²) in [5, 5.41) is 1.20. The molecular weight excluding hydrogens is 410 g/mol. The van der Waals surface area contributed by atoms with Gasteiger partial charge in [0.1, 0.15) is 5.75 Å². The molecule has 1 atom stereocenters. The molecule has 1 amide bonds. The topological polar surface area (TPSA) is 37.7 Å². The maximum atomic E-state index is 13.5. The van der Waals surface area contributed by atoms with Crippen LogP contribution in [0.15, 0.2) is 60.8 Å². The lowest BCUT2D eigenvalue weighted by Gasteiger charge is -2.28. The minimum Gasteiger partial charge on any atom is -0.497 e. The molecule has 1 saturated heterocycles. The molecule has 1 aromatic heterocycles. The van der Waals surface area contributed by atoms with Gasteiger partial charge in [-0.2, -0.15) is 0 Å². The summed E-state index contributed by atoms with van der Waals surface area (Å²) in [5.41, 5.74) is 2.37. The van der Waals surface area contributed by atoms with Crippen molar-refractivity contribution in [3.63, 3.8) is 0 Å². The van der Waals surface area contributed by atoms with E-state index in [-0.39, 0.29) is 5.92 Å². The molecule has 2 aromatic carbocycles. The molecule has 1 aliphatic rings. The zero-order valence-electron chi connectivity index (χ0n) is 20.1. The maximum absolute atomic E-state index is 13.5.